The molecule has 0 amide bonds. The molecule has 1 atom stereocenters. The zero-order valence-corrected chi connectivity index (χ0v) is 10.0. The van der Waals surface area contributed by atoms with Gasteiger partial charge in [-0.25, -0.2) is 9.97 Å². The van der Waals surface area contributed by atoms with Crippen LogP contribution in [-0.2, 0) is 13.0 Å². The number of nitrogens with one attached hydrogen (secondary N) is 1. The molecule has 0 aromatic carbocycles. The summed E-state index contributed by atoms with van der Waals surface area (Å²) in [5, 5.41) is 4.58. The van der Waals surface area contributed by atoms with Crippen molar-refractivity contribution in [2.45, 2.75) is 30.3 Å². The van der Waals surface area contributed by atoms with E-state index < -0.39 is 0 Å². The van der Waals surface area contributed by atoms with Gasteiger partial charge in [-0.1, -0.05) is 0 Å². The molecule has 3 rings (SSSR count). The molecule has 4 nitrogen and oxygen atoms in total. The van der Waals surface area contributed by atoms with Gasteiger partial charge < -0.3 is 11.1 Å². The lowest BCUT2D eigenvalue weighted by atomic mass is 9.99. The Morgan fingerprint density at radius 2 is 2.38 bits per heavy atom. The van der Waals surface area contributed by atoms with E-state index in [-0.39, 0.29) is 0 Å². The molecule has 0 bridgehead atoms. The van der Waals surface area contributed by atoms with Gasteiger partial charge in [0, 0.05) is 23.8 Å². The van der Waals surface area contributed by atoms with Gasteiger partial charge in [0.25, 0.3) is 0 Å². The third kappa shape index (κ3) is 1.73. The summed E-state index contributed by atoms with van der Waals surface area (Å²) in [7, 11) is 0. The molecule has 0 aliphatic carbocycles. The summed E-state index contributed by atoms with van der Waals surface area (Å²) in [6.45, 7) is 2.60. The lowest BCUT2D eigenvalue weighted by Gasteiger charge is -2.13. The summed E-state index contributed by atoms with van der Waals surface area (Å²) in [5.74, 6) is 2.52. The lowest BCUT2D eigenvalue weighted by Crippen LogP contribution is -2.14. The summed E-state index contributed by atoms with van der Waals surface area (Å²) >= 11 is 1.84. The maximum absolute atomic E-state index is 5.66. The zero-order valence-electron chi connectivity index (χ0n) is 9.20. The molecule has 1 aromatic rings. The molecule has 1 unspecified atom stereocenters. The van der Waals surface area contributed by atoms with E-state index in [0.717, 1.165) is 31.1 Å². The molecule has 16 heavy (non-hydrogen) atoms. The van der Waals surface area contributed by atoms with Crippen molar-refractivity contribution in [3.05, 3.63) is 17.1 Å². The first-order valence-electron chi connectivity index (χ1n) is 5.81. The first-order chi connectivity index (χ1) is 7.88. The van der Waals surface area contributed by atoms with Crippen molar-refractivity contribution >= 4 is 11.8 Å². The summed E-state index contributed by atoms with van der Waals surface area (Å²) in [4.78, 5) is 9.17. The molecule has 86 valence electrons. The topological polar surface area (TPSA) is 63.8 Å². The maximum atomic E-state index is 5.66. The highest BCUT2D eigenvalue weighted by molar-refractivity contribution is 7.99. The monoisotopic (exact) mass is 236 g/mol. The average molecular weight is 236 g/mol. The van der Waals surface area contributed by atoms with Crippen LogP contribution in [0.3, 0.4) is 0 Å². The van der Waals surface area contributed by atoms with Gasteiger partial charge in [0.1, 0.15) is 10.9 Å². The predicted molar refractivity (Wildman–Crippen MR) is 64.6 cm³/mol. The summed E-state index contributed by atoms with van der Waals surface area (Å²) in [5.41, 5.74) is 8.31. The van der Waals surface area contributed by atoms with Crippen LogP contribution in [0.5, 0.6) is 0 Å². The van der Waals surface area contributed by atoms with Gasteiger partial charge in [-0.2, -0.15) is 0 Å². The Bertz CT molecular complexity index is 401. The van der Waals surface area contributed by atoms with E-state index in [1.807, 2.05) is 11.8 Å². The minimum Gasteiger partial charge on any atom is -0.324 e. The van der Waals surface area contributed by atoms with Crippen LogP contribution >= 0.6 is 11.8 Å². The molecule has 5 heteroatoms. The summed E-state index contributed by atoms with van der Waals surface area (Å²) in [6, 6.07) is 0. The van der Waals surface area contributed by atoms with Crippen molar-refractivity contribution in [1.82, 2.24) is 15.3 Å². The van der Waals surface area contributed by atoms with Crippen LogP contribution in [-0.4, -0.2) is 28.8 Å². The van der Waals surface area contributed by atoms with E-state index in [1.165, 1.54) is 22.7 Å². The Hall–Kier alpha value is -0.650. The number of nitrogens with two attached hydrogens (primary N) is 1. The average Bonchev–Trinajstić information content (AvgIpc) is 2.98. The number of rotatable bonds is 2. The normalized spacial score (nSPS) is 23.7. The van der Waals surface area contributed by atoms with E-state index in [9.17, 15) is 0 Å². The molecular weight excluding hydrogens is 220 g/mol. The van der Waals surface area contributed by atoms with E-state index in [2.05, 4.69) is 15.3 Å². The third-order valence-corrected chi connectivity index (χ3v) is 4.29. The van der Waals surface area contributed by atoms with Gasteiger partial charge in [-0.05, 0) is 19.4 Å². The van der Waals surface area contributed by atoms with Crippen molar-refractivity contribution in [2.75, 3.05) is 18.8 Å². The Balaban J connectivity index is 2.04. The molecule has 1 saturated heterocycles. The second kappa shape index (κ2) is 4.31. The molecule has 0 saturated carbocycles. The van der Waals surface area contributed by atoms with Gasteiger partial charge in [-0.3, -0.25) is 0 Å². The fraction of sp³-hybridized carbons (Fsp3) is 0.636. The van der Waals surface area contributed by atoms with Crippen LogP contribution in [0.1, 0.15) is 29.4 Å². The first-order valence-corrected chi connectivity index (χ1v) is 6.80. The van der Waals surface area contributed by atoms with Crippen LogP contribution in [0, 0.1) is 0 Å². The minimum absolute atomic E-state index is 0.445. The van der Waals surface area contributed by atoms with E-state index in [1.54, 1.807) is 0 Å². The van der Waals surface area contributed by atoms with Crippen LogP contribution in [0.2, 0.25) is 0 Å². The fourth-order valence-corrected chi connectivity index (χ4v) is 3.50. The summed E-state index contributed by atoms with van der Waals surface area (Å²) in [6.07, 6.45) is 2.31. The van der Waals surface area contributed by atoms with E-state index >= 15 is 0 Å². The van der Waals surface area contributed by atoms with Gasteiger partial charge in [0.2, 0.25) is 0 Å². The summed E-state index contributed by atoms with van der Waals surface area (Å²) < 4.78 is 0. The van der Waals surface area contributed by atoms with E-state index in [0.29, 0.717) is 12.5 Å². The van der Waals surface area contributed by atoms with Crippen LogP contribution < -0.4 is 11.1 Å². The number of fused-ring (bicyclic) bond motifs is 1. The number of thioether (sulfide) groups is 1. The molecule has 0 spiro atoms. The third-order valence-electron chi connectivity index (χ3n) is 3.27. The standard InChI is InChI=1S/C11H16N4S/c12-5-9-14-10(7-1-3-13-6-7)8-2-4-16-11(8)15-9/h7,13H,1-6,12H2. The number of hydrogen-bond acceptors (Lipinski definition) is 5. The van der Waals surface area contributed by atoms with Gasteiger partial charge in [0.15, 0.2) is 0 Å². The van der Waals surface area contributed by atoms with Gasteiger partial charge >= 0.3 is 0 Å². The van der Waals surface area contributed by atoms with E-state index in [4.69, 9.17) is 5.73 Å². The molecule has 3 heterocycles. The lowest BCUT2D eigenvalue weighted by molar-refractivity contribution is 0.689. The van der Waals surface area contributed by atoms with Crippen molar-refractivity contribution in [2.24, 2.45) is 5.73 Å². The smallest absolute Gasteiger partial charge is 0.143 e. The Labute approximate surface area is 99.4 Å². The number of hydrogen-bond donors (Lipinski definition) is 2. The second-order valence-electron chi connectivity index (χ2n) is 4.30. The zero-order chi connectivity index (χ0) is 11.0. The highest BCUT2D eigenvalue weighted by Gasteiger charge is 2.26. The fourth-order valence-electron chi connectivity index (χ4n) is 2.45. The predicted octanol–water partition coefficient (Wildman–Crippen LogP) is 0.660. The van der Waals surface area contributed by atoms with Crippen LogP contribution in [0.15, 0.2) is 5.03 Å². The first kappa shape index (κ1) is 10.5. The largest absolute Gasteiger partial charge is 0.324 e. The minimum atomic E-state index is 0.445. The second-order valence-corrected chi connectivity index (χ2v) is 5.38. The quantitative estimate of drug-likeness (QED) is 0.739. The Morgan fingerprint density at radius 1 is 1.44 bits per heavy atom. The molecule has 0 radical (unpaired) electrons. The van der Waals surface area contributed by atoms with Crippen molar-refractivity contribution in [3.8, 4) is 0 Å². The van der Waals surface area contributed by atoms with Crippen LogP contribution in [0.4, 0.5) is 0 Å². The molecular formula is C11H16N4S. The Kier molecular flexibility index (Phi) is 2.83. The highest BCUT2D eigenvalue weighted by atomic mass is 32.2. The molecule has 1 aromatic heterocycles. The van der Waals surface area contributed by atoms with Gasteiger partial charge in [-0.15, -0.1) is 11.8 Å². The number of aromatic nitrogens is 2. The SMILES string of the molecule is NCc1nc2c(c(C3CCNC3)n1)CCS2. The molecule has 2 aliphatic rings. The van der Waals surface area contributed by atoms with Gasteiger partial charge in [0.05, 0.1) is 12.2 Å². The highest BCUT2D eigenvalue weighted by Crippen LogP contribution is 2.35. The van der Waals surface area contributed by atoms with Crippen LogP contribution in [0.25, 0.3) is 0 Å². The van der Waals surface area contributed by atoms with Crippen molar-refractivity contribution in [1.29, 1.82) is 0 Å². The molecule has 1 fully saturated rings. The maximum Gasteiger partial charge on any atom is 0.143 e. The van der Waals surface area contributed by atoms with Crippen molar-refractivity contribution < 1.29 is 0 Å². The number of nitrogens with zero attached hydrogens (tertiary/aromatic N) is 2. The molecule has 3 N–H and O–H groups in total. The molecule has 2 aliphatic heterocycles. The van der Waals surface area contributed by atoms with Crippen molar-refractivity contribution in [3.63, 3.8) is 0 Å². The Morgan fingerprint density at radius 3 is 3.12 bits per heavy atom.